The molecule has 2 saturated heterocycles. The first-order valence-electron chi connectivity index (χ1n) is 15.9. The lowest BCUT2D eigenvalue weighted by Crippen LogP contribution is -2.45. The van der Waals surface area contributed by atoms with Crippen LogP contribution in [0.1, 0.15) is 54.5 Å². The van der Waals surface area contributed by atoms with Crippen LogP contribution in [0.3, 0.4) is 0 Å². The van der Waals surface area contributed by atoms with Gasteiger partial charge < -0.3 is 20.0 Å². The second-order valence-corrected chi connectivity index (χ2v) is 14.8. The maximum Gasteiger partial charge on any atom is 0.416 e. The largest absolute Gasteiger partial charge is 0.416 e. The van der Waals surface area contributed by atoms with Crippen molar-refractivity contribution >= 4 is 21.8 Å². The zero-order valence-electron chi connectivity index (χ0n) is 26.8. The molecule has 3 aliphatic rings. The Kier molecular flexibility index (Phi) is 10.4. The van der Waals surface area contributed by atoms with E-state index >= 15 is 0 Å². The van der Waals surface area contributed by atoms with Crippen molar-refractivity contribution in [1.29, 1.82) is 0 Å². The third-order valence-corrected chi connectivity index (χ3v) is 10.4. The van der Waals surface area contributed by atoms with Crippen LogP contribution in [-0.2, 0) is 51.8 Å². The lowest BCUT2D eigenvalue weighted by Gasteiger charge is -2.36. The number of carbonyl (C=O) groups excluding carboxylic acids is 2. The summed E-state index contributed by atoms with van der Waals surface area (Å²) in [5, 5.41) is 7.44. The number of hydrogen-bond acceptors (Lipinski definition) is 7. The van der Waals surface area contributed by atoms with Crippen LogP contribution < -0.4 is 5.32 Å². The number of nitrogens with zero attached hydrogens (tertiary/aromatic N) is 6. The van der Waals surface area contributed by atoms with Crippen molar-refractivity contribution in [2.45, 2.75) is 70.4 Å². The summed E-state index contributed by atoms with van der Waals surface area (Å²) in [6.07, 6.45) is 1.28. The van der Waals surface area contributed by atoms with Crippen molar-refractivity contribution in [2.24, 2.45) is 0 Å². The Morgan fingerprint density at radius 1 is 1.09 bits per heavy atom. The summed E-state index contributed by atoms with van der Waals surface area (Å²) in [5.74, 6) is -0.135. The fourth-order valence-corrected chi connectivity index (χ4v) is 7.61. The molecule has 0 saturated carbocycles. The van der Waals surface area contributed by atoms with Gasteiger partial charge in [0.15, 0.2) is 0 Å². The van der Waals surface area contributed by atoms with Gasteiger partial charge in [-0.2, -0.15) is 22.6 Å². The Morgan fingerprint density at radius 3 is 2.46 bits per heavy atom. The number of fused-ring (bicyclic) bond motifs is 1. The van der Waals surface area contributed by atoms with E-state index in [0.717, 1.165) is 69.9 Å². The molecule has 5 rings (SSSR count). The van der Waals surface area contributed by atoms with Gasteiger partial charge in [-0.05, 0) is 64.0 Å². The third-order valence-electron chi connectivity index (χ3n) is 9.14. The van der Waals surface area contributed by atoms with Crippen LogP contribution >= 0.6 is 0 Å². The SMILES string of the molecule is CN(C)CC(=O)NCc1cc(-c2nn(CCCN3CCC(N4CCCC4=O)CC3)c3c2CN(S(C)(=O)=O)CC3)ccc1C(F)(F)F. The molecule has 0 atom stereocenters. The normalized spacial score (nSPS) is 18.8. The highest BCUT2D eigenvalue weighted by Gasteiger charge is 2.35. The van der Waals surface area contributed by atoms with Crippen LogP contribution in [0.4, 0.5) is 13.2 Å². The number of carbonyl (C=O) groups is 2. The first-order valence-corrected chi connectivity index (χ1v) is 17.7. The van der Waals surface area contributed by atoms with Gasteiger partial charge in [0, 0.05) is 81.5 Å². The Balaban J connectivity index is 1.35. The number of likely N-dealkylation sites (N-methyl/N-ethyl adjacent to an activating group) is 1. The second kappa shape index (κ2) is 14.0. The number of likely N-dealkylation sites (tertiary alicyclic amines) is 2. The van der Waals surface area contributed by atoms with Gasteiger partial charge in [0.1, 0.15) is 0 Å². The topological polar surface area (TPSA) is 111 Å². The van der Waals surface area contributed by atoms with E-state index in [1.807, 2.05) is 9.58 Å². The predicted molar refractivity (Wildman–Crippen MR) is 167 cm³/mol. The van der Waals surface area contributed by atoms with Gasteiger partial charge in [0.2, 0.25) is 21.8 Å². The van der Waals surface area contributed by atoms with E-state index in [1.54, 1.807) is 19.0 Å². The highest BCUT2D eigenvalue weighted by molar-refractivity contribution is 7.88. The second-order valence-electron chi connectivity index (χ2n) is 12.8. The van der Waals surface area contributed by atoms with E-state index < -0.39 is 27.7 Å². The minimum absolute atomic E-state index is 0.0381. The number of aromatic nitrogens is 2. The van der Waals surface area contributed by atoms with Crippen molar-refractivity contribution in [3.05, 3.63) is 40.6 Å². The fourth-order valence-electron chi connectivity index (χ4n) is 6.82. The molecule has 1 aromatic carbocycles. The summed E-state index contributed by atoms with van der Waals surface area (Å²) in [7, 11) is -0.110. The maximum absolute atomic E-state index is 14.0. The summed E-state index contributed by atoms with van der Waals surface area (Å²) in [6.45, 7) is 4.24. The quantitative estimate of drug-likeness (QED) is 0.392. The lowest BCUT2D eigenvalue weighted by atomic mass is 9.97. The molecule has 1 N–H and O–H groups in total. The van der Waals surface area contributed by atoms with Crippen LogP contribution in [0.15, 0.2) is 18.2 Å². The van der Waals surface area contributed by atoms with Crippen LogP contribution in [-0.4, -0.2) is 115 Å². The monoisotopic (exact) mass is 667 g/mol. The van der Waals surface area contributed by atoms with Crippen LogP contribution in [0.25, 0.3) is 11.3 Å². The molecule has 3 aliphatic heterocycles. The molecule has 11 nitrogen and oxygen atoms in total. The molecule has 15 heteroatoms. The van der Waals surface area contributed by atoms with Gasteiger partial charge in [-0.15, -0.1) is 0 Å². The first kappa shape index (κ1) is 34.3. The van der Waals surface area contributed by atoms with Crippen LogP contribution in [0.5, 0.6) is 0 Å². The molecule has 0 aliphatic carbocycles. The number of hydrogen-bond donors (Lipinski definition) is 1. The Hall–Kier alpha value is -3.01. The number of sulfonamides is 1. The summed E-state index contributed by atoms with van der Waals surface area (Å²) in [4.78, 5) is 30.5. The molecular formula is C31H44F3N7O4S. The summed E-state index contributed by atoms with van der Waals surface area (Å²) < 4.78 is 70.0. The Morgan fingerprint density at radius 2 is 1.83 bits per heavy atom. The van der Waals surface area contributed by atoms with Gasteiger partial charge in [0.25, 0.3) is 0 Å². The molecule has 0 bridgehead atoms. The van der Waals surface area contributed by atoms with Gasteiger partial charge in [0.05, 0.1) is 24.1 Å². The van der Waals surface area contributed by atoms with Crippen molar-refractivity contribution in [3.63, 3.8) is 0 Å². The van der Waals surface area contributed by atoms with Crippen molar-refractivity contribution in [3.8, 4) is 11.3 Å². The number of piperidine rings is 1. The lowest BCUT2D eigenvalue weighted by molar-refractivity contribution is -0.138. The molecule has 2 fully saturated rings. The maximum atomic E-state index is 14.0. The molecule has 2 amide bonds. The van der Waals surface area contributed by atoms with Crippen LogP contribution in [0, 0.1) is 0 Å². The number of aryl methyl sites for hydroxylation is 1. The number of rotatable bonds is 11. The number of amides is 2. The zero-order valence-corrected chi connectivity index (χ0v) is 27.6. The van der Waals surface area contributed by atoms with E-state index in [2.05, 4.69) is 10.2 Å². The van der Waals surface area contributed by atoms with E-state index in [4.69, 9.17) is 5.10 Å². The average molecular weight is 668 g/mol. The smallest absolute Gasteiger partial charge is 0.351 e. The van der Waals surface area contributed by atoms with E-state index in [-0.39, 0.29) is 31.1 Å². The molecule has 0 unspecified atom stereocenters. The Bertz CT molecular complexity index is 1540. The molecule has 4 heterocycles. The molecule has 2 aromatic rings. The highest BCUT2D eigenvalue weighted by Crippen LogP contribution is 2.37. The van der Waals surface area contributed by atoms with Gasteiger partial charge in [-0.1, -0.05) is 6.07 Å². The molecule has 0 radical (unpaired) electrons. The van der Waals surface area contributed by atoms with Crippen molar-refractivity contribution in [1.82, 2.24) is 34.1 Å². The molecular weight excluding hydrogens is 623 g/mol. The van der Waals surface area contributed by atoms with Crippen molar-refractivity contribution in [2.75, 3.05) is 59.6 Å². The molecule has 1 aromatic heterocycles. The summed E-state index contributed by atoms with van der Waals surface area (Å²) in [5.41, 5.74) is 1.54. The van der Waals surface area contributed by atoms with E-state index in [9.17, 15) is 31.2 Å². The number of benzene rings is 1. The van der Waals surface area contributed by atoms with E-state index in [0.29, 0.717) is 48.8 Å². The summed E-state index contributed by atoms with van der Waals surface area (Å²) >= 11 is 0. The van der Waals surface area contributed by atoms with E-state index in [1.165, 1.54) is 16.4 Å². The highest BCUT2D eigenvalue weighted by atomic mass is 32.2. The predicted octanol–water partition coefficient (Wildman–Crippen LogP) is 2.54. The molecule has 254 valence electrons. The Labute approximate surface area is 268 Å². The zero-order chi connectivity index (χ0) is 33.2. The fraction of sp³-hybridized carbons (Fsp3) is 0.645. The van der Waals surface area contributed by atoms with Gasteiger partial charge in [-0.3, -0.25) is 14.3 Å². The number of halogens is 3. The van der Waals surface area contributed by atoms with Gasteiger partial charge >= 0.3 is 6.18 Å². The van der Waals surface area contributed by atoms with Crippen LogP contribution in [0.2, 0.25) is 0 Å². The number of alkyl halides is 3. The first-order chi connectivity index (χ1) is 21.7. The van der Waals surface area contributed by atoms with Crippen molar-refractivity contribution < 1.29 is 31.2 Å². The standard InChI is InChI=1S/C31H44F3N7O4S/c1-37(2)21-28(42)35-19-23-18-22(7-8-26(23)31(32,33)34)30-25-20-39(46(3,44)45)17-11-27(25)41(36-30)14-5-12-38-15-9-24(10-16-38)40-13-4-6-29(40)43/h7-8,18,24H,4-6,9-17,19-21H2,1-3H3,(H,35,42). The summed E-state index contributed by atoms with van der Waals surface area (Å²) in [6, 6.07) is 4.10. The third kappa shape index (κ3) is 8.09. The minimum Gasteiger partial charge on any atom is -0.351 e. The molecule has 0 spiro atoms. The average Bonchev–Trinajstić information content (AvgIpc) is 3.58. The number of nitrogens with one attached hydrogen (secondary N) is 1. The molecule has 46 heavy (non-hydrogen) atoms. The van der Waals surface area contributed by atoms with Gasteiger partial charge in [-0.25, -0.2) is 8.42 Å². The minimum atomic E-state index is -4.62.